The van der Waals surface area contributed by atoms with E-state index in [0.29, 0.717) is 6.42 Å². The van der Waals surface area contributed by atoms with E-state index in [1.165, 1.54) is 0 Å². The quantitative estimate of drug-likeness (QED) is 0.407. The van der Waals surface area contributed by atoms with Crippen molar-refractivity contribution >= 4 is 16.2 Å². The van der Waals surface area contributed by atoms with Crippen molar-refractivity contribution in [2.75, 3.05) is 0 Å². The van der Waals surface area contributed by atoms with Crippen LogP contribution in [0.5, 0.6) is 0 Å². The smallest absolute Gasteiger partial charge is 0.858 e. The minimum atomic E-state index is -3.99. The van der Waals surface area contributed by atoms with Crippen molar-refractivity contribution in [1.82, 2.24) is 0 Å². The number of hydrogen-bond acceptors (Lipinski definition) is 4. The van der Waals surface area contributed by atoms with Crippen LogP contribution in [0.2, 0.25) is 0 Å². The zero-order valence-electron chi connectivity index (χ0n) is 6.77. The van der Waals surface area contributed by atoms with Crippen LogP contribution in [-0.4, -0.2) is 14.3 Å². The van der Waals surface area contributed by atoms with Gasteiger partial charge in [0.2, 0.25) is 0 Å². The standard InChI is InChI=1S/C5H7NO4S.Na/c1-2-4-3-5(7)6-11(8,9)10-4;/h3H,2H2,1H3,(H,6,7);/q;+1/p-1. The molecule has 0 amide bonds. The van der Waals surface area contributed by atoms with Crippen molar-refractivity contribution in [3.05, 3.63) is 11.8 Å². The largest absolute Gasteiger partial charge is 1.00 e. The molecule has 0 atom stereocenters. The van der Waals surface area contributed by atoms with Crippen LogP contribution in [0.25, 0.3) is 0 Å². The molecule has 0 aromatic rings. The normalized spacial score (nSPS) is 19.8. The molecule has 1 aliphatic heterocycles. The van der Waals surface area contributed by atoms with Crippen LogP contribution < -0.4 is 34.7 Å². The van der Waals surface area contributed by atoms with E-state index in [1.54, 1.807) is 6.92 Å². The maximum Gasteiger partial charge on any atom is 1.00 e. The molecule has 0 spiro atoms. The summed E-state index contributed by atoms with van der Waals surface area (Å²) in [5.74, 6) is -0.655. The molecule has 7 heteroatoms. The third-order valence-electron chi connectivity index (χ3n) is 1.05. The van der Waals surface area contributed by atoms with E-state index in [-0.39, 0.29) is 35.3 Å². The molecule has 1 heterocycles. The number of nitrogens with zero attached hydrogens (tertiary/aromatic N) is 1. The van der Waals surface area contributed by atoms with Crippen molar-refractivity contribution in [3.63, 3.8) is 0 Å². The molecule has 62 valence electrons. The maximum atomic E-state index is 10.6. The Labute approximate surface area is 92.7 Å². The first kappa shape index (κ1) is 12.0. The Morgan fingerprint density at radius 3 is 2.67 bits per heavy atom. The predicted octanol–water partition coefficient (Wildman–Crippen LogP) is -3.68. The van der Waals surface area contributed by atoms with Crippen molar-refractivity contribution in [2.24, 2.45) is 4.40 Å². The number of rotatable bonds is 1. The molecule has 1 aliphatic rings. The Hall–Kier alpha value is -0.0400. The van der Waals surface area contributed by atoms with Gasteiger partial charge in [0.05, 0.1) is 0 Å². The molecular weight excluding hydrogens is 193 g/mol. The molecule has 0 N–H and O–H groups in total. The molecule has 0 saturated carbocycles. The van der Waals surface area contributed by atoms with Gasteiger partial charge in [-0.25, -0.2) is 0 Å². The third kappa shape index (κ3) is 3.14. The van der Waals surface area contributed by atoms with Crippen LogP contribution in [0.3, 0.4) is 0 Å². The number of allylic oxidation sites excluding steroid dienone is 1. The minimum absolute atomic E-state index is 0. The molecule has 0 unspecified atom stereocenters. The van der Waals surface area contributed by atoms with E-state index in [9.17, 15) is 13.5 Å². The van der Waals surface area contributed by atoms with Gasteiger partial charge in [0.1, 0.15) is 5.76 Å². The fraction of sp³-hybridized carbons (Fsp3) is 0.400. The minimum Gasteiger partial charge on any atom is -0.858 e. The zero-order chi connectivity index (χ0) is 8.48. The molecule has 0 aromatic heterocycles. The molecule has 5 nitrogen and oxygen atoms in total. The molecule has 12 heavy (non-hydrogen) atoms. The van der Waals surface area contributed by atoms with Crippen LogP contribution in [0.1, 0.15) is 13.3 Å². The van der Waals surface area contributed by atoms with Gasteiger partial charge in [0, 0.05) is 12.3 Å². The zero-order valence-corrected chi connectivity index (χ0v) is 9.59. The molecular formula is C5H6NNaO4S. The van der Waals surface area contributed by atoms with Crippen molar-refractivity contribution in [3.8, 4) is 0 Å². The summed E-state index contributed by atoms with van der Waals surface area (Å²) < 4.78 is 28.2. The maximum absolute atomic E-state index is 10.6. The average Bonchev–Trinajstić information content (AvgIpc) is 1.83. The van der Waals surface area contributed by atoms with Crippen molar-refractivity contribution < 1.29 is 47.3 Å². The van der Waals surface area contributed by atoms with E-state index in [2.05, 4.69) is 8.58 Å². The molecule has 0 aromatic carbocycles. The molecule has 0 radical (unpaired) electrons. The van der Waals surface area contributed by atoms with Crippen LogP contribution in [0.15, 0.2) is 16.2 Å². The first-order valence-corrected chi connectivity index (χ1v) is 4.32. The molecule has 0 aliphatic carbocycles. The van der Waals surface area contributed by atoms with Gasteiger partial charge < -0.3 is 9.29 Å². The Balaban J connectivity index is 0.00000121. The Morgan fingerprint density at radius 1 is 1.67 bits per heavy atom. The van der Waals surface area contributed by atoms with Crippen molar-refractivity contribution in [1.29, 1.82) is 0 Å². The molecule has 0 saturated heterocycles. The van der Waals surface area contributed by atoms with Crippen LogP contribution >= 0.6 is 0 Å². The summed E-state index contributed by atoms with van der Waals surface area (Å²) in [6, 6.07) is 0. The Kier molecular flexibility index (Phi) is 4.25. The van der Waals surface area contributed by atoms with Gasteiger partial charge in [-0.2, -0.15) is 8.42 Å². The summed E-state index contributed by atoms with van der Waals surface area (Å²) >= 11 is 0. The summed E-state index contributed by atoms with van der Waals surface area (Å²) in [7, 11) is -3.99. The van der Waals surface area contributed by atoms with Gasteiger partial charge >= 0.3 is 39.9 Å². The first-order valence-electron chi connectivity index (χ1n) is 2.95. The SMILES string of the molecule is CCC1=CC([O-])=NS(=O)(=O)O1.[Na+]. The topological polar surface area (TPSA) is 78.8 Å². The fourth-order valence-corrected chi connectivity index (χ4v) is 1.36. The third-order valence-corrected chi connectivity index (χ3v) is 1.88. The van der Waals surface area contributed by atoms with E-state index < -0.39 is 16.2 Å². The summed E-state index contributed by atoms with van der Waals surface area (Å²) in [5.41, 5.74) is 0. The van der Waals surface area contributed by atoms with Crippen LogP contribution in [0, 0.1) is 0 Å². The number of hydrogen-bond donors (Lipinski definition) is 0. The van der Waals surface area contributed by atoms with Gasteiger partial charge in [-0.3, -0.25) is 0 Å². The van der Waals surface area contributed by atoms with Crippen molar-refractivity contribution in [2.45, 2.75) is 13.3 Å². The summed E-state index contributed by atoms with van der Waals surface area (Å²) in [5, 5.41) is 10.5. The summed E-state index contributed by atoms with van der Waals surface area (Å²) in [6.07, 6.45) is 1.42. The Morgan fingerprint density at radius 2 is 2.25 bits per heavy atom. The molecule has 1 rings (SSSR count). The van der Waals surface area contributed by atoms with Gasteiger partial charge in [-0.1, -0.05) is 6.92 Å². The van der Waals surface area contributed by atoms with Crippen LogP contribution in [0.4, 0.5) is 0 Å². The second kappa shape index (κ2) is 4.27. The first-order chi connectivity index (χ1) is 5.03. The monoisotopic (exact) mass is 199 g/mol. The van der Waals surface area contributed by atoms with E-state index in [4.69, 9.17) is 0 Å². The van der Waals surface area contributed by atoms with E-state index >= 15 is 0 Å². The van der Waals surface area contributed by atoms with E-state index in [0.717, 1.165) is 6.08 Å². The van der Waals surface area contributed by atoms with Gasteiger partial charge in [-0.15, -0.1) is 4.40 Å². The summed E-state index contributed by atoms with van der Waals surface area (Å²) in [6.45, 7) is 1.68. The average molecular weight is 199 g/mol. The second-order valence-electron chi connectivity index (χ2n) is 1.90. The second-order valence-corrected chi connectivity index (χ2v) is 3.11. The fourth-order valence-electron chi connectivity index (χ4n) is 0.613. The molecule has 0 bridgehead atoms. The van der Waals surface area contributed by atoms with Gasteiger partial charge in [0.25, 0.3) is 0 Å². The van der Waals surface area contributed by atoms with E-state index in [1.807, 2.05) is 0 Å². The van der Waals surface area contributed by atoms with Gasteiger partial charge in [-0.05, 0) is 6.08 Å². The van der Waals surface area contributed by atoms with Gasteiger partial charge in [0.15, 0.2) is 0 Å². The Bertz CT molecular complexity index is 318. The predicted molar refractivity (Wildman–Crippen MR) is 35.8 cm³/mol. The summed E-state index contributed by atoms with van der Waals surface area (Å²) in [4.78, 5) is 0. The molecule has 0 fully saturated rings. The van der Waals surface area contributed by atoms with Crippen LogP contribution in [-0.2, 0) is 14.5 Å².